The number of hydrogen-bond acceptors (Lipinski definition) is 3. The van der Waals surface area contributed by atoms with E-state index in [0.717, 1.165) is 32.7 Å². The summed E-state index contributed by atoms with van der Waals surface area (Å²) in [7, 11) is 2.15. The van der Waals surface area contributed by atoms with Crippen molar-refractivity contribution in [3.05, 3.63) is 34.5 Å². The van der Waals surface area contributed by atoms with Crippen molar-refractivity contribution in [2.45, 2.75) is 59.4 Å². The summed E-state index contributed by atoms with van der Waals surface area (Å²) in [6, 6.07) is 4.86. The molecule has 1 atom stereocenters. The van der Waals surface area contributed by atoms with Gasteiger partial charge in [-0.15, -0.1) is 0 Å². The third kappa shape index (κ3) is 3.10. The molecule has 4 nitrogen and oxygen atoms in total. The minimum Gasteiger partial charge on any atom is -0.377 e. The fraction of sp³-hybridized carbons (Fsp3) is 0.600. The molecule has 0 saturated heterocycles. The van der Waals surface area contributed by atoms with Crippen LogP contribution in [0.4, 0.5) is 0 Å². The van der Waals surface area contributed by atoms with Crippen LogP contribution in [0.1, 0.15) is 55.6 Å². The Bertz CT molecular complexity index is 732. The average molecular weight is 329 g/mol. The lowest BCUT2D eigenvalue weighted by atomic mass is 9.99. The highest BCUT2D eigenvalue weighted by Gasteiger charge is 2.23. The Kier molecular flexibility index (Phi) is 5.00. The number of ether oxygens (including phenoxy) is 1. The highest BCUT2D eigenvalue weighted by molar-refractivity contribution is 5.87. The van der Waals surface area contributed by atoms with Crippen LogP contribution in [-0.2, 0) is 24.9 Å². The molecule has 24 heavy (non-hydrogen) atoms. The maximum atomic E-state index is 6.40. The number of nitrogens with two attached hydrogens (primary N) is 1. The second kappa shape index (κ2) is 6.87. The minimum absolute atomic E-state index is 0.115. The number of benzene rings is 1. The molecule has 0 bridgehead atoms. The van der Waals surface area contributed by atoms with Crippen molar-refractivity contribution in [1.82, 2.24) is 9.47 Å². The molecule has 0 amide bonds. The summed E-state index contributed by atoms with van der Waals surface area (Å²) in [4.78, 5) is 2.47. The third-order valence-corrected chi connectivity index (χ3v) is 5.32. The van der Waals surface area contributed by atoms with E-state index in [1.54, 1.807) is 0 Å². The van der Waals surface area contributed by atoms with Gasteiger partial charge in [0.25, 0.3) is 0 Å². The fourth-order valence-electron chi connectivity index (χ4n) is 3.81. The van der Waals surface area contributed by atoms with Crippen molar-refractivity contribution < 1.29 is 4.74 Å². The second-order valence-electron chi connectivity index (χ2n) is 7.34. The Balaban J connectivity index is 1.88. The smallest absolute Gasteiger partial charge is 0.0597 e. The molecule has 0 aliphatic carbocycles. The number of hydrogen-bond donors (Lipinski definition) is 1. The predicted molar refractivity (Wildman–Crippen MR) is 100 cm³/mol. The summed E-state index contributed by atoms with van der Waals surface area (Å²) in [5.41, 5.74) is 13.2. The first-order valence-corrected chi connectivity index (χ1v) is 9.12. The molecule has 132 valence electrons. The number of aryl methyl sites for hydroxylation is 1. The summed E-state index contributed by atoms with van der Waals surface area (Å²) in [6.45, 7) is 12.4. The Labute approximate surface area is 145 Å². The van der Waals surface area contributed by atoms with Crippen molar-refractivity contribution in [2.75, 3.05) is 13.2 Å². The van der Waals surface area contributed by atoms with Gasteiger partial charge in [0, 0.05) is 49.3 Å². The van der Waals surface area contributed by atoms with Gasteiger partial charge in [0.05, 0.1) is 12.7 Å². The molecule has 1 aromatic carbocycles. The van der Waals surface area contributed by atoms with Crippen molar-refractivity contribution in [3.63, 3.8) is 0 Å². The van der Waals surface area contributed by atoms with Gasteiger partial charge in [0.1, 0.15) is 0 Å². The molecule has 0 fully saturated rings. The van der Waals surface area contributed by atoms with E-state index in [9.17, 15) is 0 Å². The molecule has 3 rings (SSSR count). The van der Waals surface area contributed by atoms with Crippen molar-refractivity contribution in [3.8, 4) is 0 Å². The van der Waals surface area contributed by atoms with Crippen LogP contribution in [0.2, 0.25) is 0 Å². The van der Waals surface area contributed by atoms with Gasteiger partial charge in [-0.3, -0.25) is 4.90 Å². The molecule has 1 unspecified atom stereocenters. The van der Waals surface area contributed by atoms with E-state index in [2.05, 4.69) is 56.3 Å². The zero-order valence-electron chi connectivity index (χ0n) is 15.7. The van der Waals surface area contributed by atoms with Gasteiger partial charge in [-0.05, 0) is 56.0 Å². The second-order valence-corrected chi connectivity index (χ2v) is 7.34. The fourth-order valence-corrected chi connectivity index (χ4v) is 3.81. The summed E-state index contributed by atoms with van der Waals surface area (Å²) in [5.74, 6) is 0. The molecular formula is C20H31N3O. The Morgan fingerprint density at radius 3 is 2.50 bits per heavy atom. The van der Waals surface area contributed by atoms with Gasteiger partial charge in [-0.2, -0.15) is 0 Å². The standard InChI is InChI=1S/C20H31N3O/c1-6-18(21)20-14(4)22(5)19-10-16-12-23(7-8-24-13(2)3)11-15(16)9-17(19)20/h9-10,13,18H,6-8,11-12,21H2,1-5H3. The highest BCUT2D eigenvalue weighted by atomic mass is 16.5. The zero-order valence-corrected chi connectivity index (χ0v) is 15.7. The summed E-state index contributed by atoms with van der Waals surface area (Å²) >= 11 is 0. The monoisotopic (exact) mass is 329 g/mol. The number of nitrogens with zero attached hydrogens (tertiary/aromatic N) is 2. The topological polar surface area (TPSA) is 43.4 Å². The molecule has 1 aromatic heterocycles. The van der Waals surface area contributed by atoms with E-state index in [0.29, 0.717) is 6.10 Å². The van der Waals surface area contributed by atoms with Crippen LogP contribution in [0.3, 0.4) is 0 Å². The maximum Gasteiger partial charge on any atom is 0.0597 e. The number of rotatable bonds is 6. The summed E-state index contributed by atoms with van der Waals surface area (Å²) in [6.07, 6.45) is 1.27. The molecule has 1 aliphatic rings. The Hall–Kier alpha value is -1.36. The lowest BCUT2D eigenvalue weighted by Gasteiger charge is -2.15. The van der Waals surface area contributed by atoms with Gasteiger partial charge in [0.15, 0.2) is 0 Å². The molecule has 2 heterocycles. The first kappa shape index (κ1) is 17.5. The van der Waals surface area contributed by atoms with Crippen LogP contribution >= 0.6 is 0 Å². The van der Waals surface area contributed by atoms with E-state index in [1.165, 1.54) is 33.3 Å². The van der Waals surface area contributed by atoms with E-state index in [4.69, 9.17) is 10.5 Å². The Morgan fingerprint density at radius 1 is 1.21 bits per heavy atom. The minimum atomic E-state index is 0.115. The first-order valence-electron chi connectivity index (χ1n) is 9.12. The zero-order chi connectivity index (χ0) is 17.4. The lowest BCUT2D eigenvalue weighted by molar-refractivity contribution is 0.0584. The third-order valence-electron chi connectivity index (χ3n) is 5.32. The summed E-state index contributed by atoms with van der Waals surface area (Å²) in [5, 5.41) is 1.34. The van der Waals surface area contributed by atoms with Crippen molar-refractivity contribution >= 4 is 10.9 Å². The predicted octanol–water partition coefficient (Wildman–Crippen LogP) is 3.64. The molecular weight excluding hydrogens is 298 g/mol. The van der Waals surface area contributed by atoms with Gasteiger partial charge in [-0.1, -0.05) is 6.92 Å². The molecule has 2 aromatic rings. The van der Waals surface area contributed by atoms with Crippen LogP contribution in [0.5, 0.6) is 0 Å². The summed E-state index contributed by atoms with van der Waals surface area (Å²) < 4.78 is 8.00. The van der Waals surface area contributed by atoms with Crippen molar-refractivity contribution in [1.29, 1.82) is 0 Å². The maximum absolute atomic E-state index is 6.40. The molecule has 0 radical (unpaired) electrons. The van der Waals surface area contributed by atoms with E-state index in [-0.39, 0.29) is 6.04 Å². The molecule has 4 heteroatoms. The van der Waals surface area contributed by atoms with Gasteiger partial charge >= 0.3 is 0 Å². The van der Waals surface area contributed by atoms with Gasteiger partial charge in [0.2, 0.25) is 0 Å². The van der Waals surface area contributed by atoms with E-state index >= 15 is 0 Å². The van der Waals surface area contributed by atoms with Gasteiger partial charge in [-0.25, -0.2) is 0 Å². The van der Waals surface area contributed by atoms with Crippen molar-refractivity contribution in [2.24, 2.45) is 12.8 Å². The lowest BCUT2D eigenvalue weighted by Crippen LogP contribution is -2.23. The molecule has 0 spiro atoms. The van der Waals surface area contributed by atoms with Crippen LogP contribution in [-0.4, -0.2) is 28.7 Å². The van der Waals surface area contributed by atoms with Crippen LogP contribution in [0.25, 0.3) is 10.9 Å². The molecule has 2 N–H and O–H groups in total. The molecule has 0 saturated carbocycles. The average Bonchev–Trinajstić information content (AvgIpc) is 3.03. The Morgan fingerprint density at radius 2 is 1.88 bits per heavy atom. The van der Waals surface area contributed by atoms with E-state index < -0.39 is 0 Å². The first-order chi connectivity index (χ1) is 11.4. The quantitative estimate of drug-likeness (QED) is 0.880. The number of aromatic nitrogens is 1. The highest BCUT2D eigenvalue weighted by Crippen LogP contribution is 2.35. The van der Waals surface area contributed by atoms with Crippen LogP contribution in [0.15, 0.2) is 12.1 Å². The SMILES string of the molecule is CCC(N)c1c(C)n(C)c2cc3c(cc12)CN(CCOC(C)C)C3. The van der Waals surface area contributed by atoms with E-state index in [1.807, 2.05) is 0 Å². The van der Waals surface area contributed by atoms with Crippen LogP contribution in [0, 0.1) is 6.92 Å². The molecule has 1 aliphatic heterocycles. The van der Waals surface area contributed by atoms with Crippen LogP contribution < -0.4 is 5.73 Å². The normalized spacial score (nSPS) is 16.3. The largest absolute Gasteiger partial charge is 0.377 e. The number of fused-ring (bicyclic) bond motifs is 2. The van der Waals surface area contributed by atoms with Gasteiger partial charge < -0.3 is 15.0 Å².